The van der Waals surface area contributed by atoms with E-state index >= 15 is 0 Å². The average molecular weight is 792 g/mol. The summed E-state index contributed by atoms with van der Waals surface area (Å²) in [5.74, 6) is 3.49. The number of nitrogens with zero attached hydrogens (tertiary/aromatic N) is 3. The van der Waals surface area contributed by atoms with Gasteiger partial charge in [0, 0.05) is 27.8 Å². The van der Waals surface area contributed by atoms with Gasteiger partial charge >= 0.3 is 0 Å². The number of rotatable bonds is 6. The van der Waals surface area contributed by atoms with Gasteiger partial charge in [-0.1, -0.05) is 182 Å². The van der Waals surface area contributed by atoms with E-state index in [9.17, 15) is 0 Å². The largest absolute Gasteiger partial charge is 0.457 e. The summed E-state index contributed by atoms with van der Waals surface area (Å²) < 4.78 is 6.73. The molecule has 2 heterocycles. The molecule has 4 heteroatoms. The minimum absolute atomic E-state index is 0.595. The second-order valence-corrected chi connectivity index (χ2v) is 15.9. The summed E-state index contributed by atoms with van der Waals surface area (Å²) in [6, 6.07) is 79.1. The molecule has 0 amide bonds. The van der Waals surface area contributed by atoms with Crippen molar-refractivity contribution in [3.8, 4) is 90.2 Å². The number of hydrogen-bond donors (Lipinski definition) is 0. The van der Waals surface area contributed by atoms with Crippen LogP contribution in [0.15, 0.2) is 224 Å². The monoisotopic (exact) mass is 791 g/mol. The number of fused-ring (bicyclic) bond motifs is 9. The Labute approximate surface area is 360 Å². The second-order valence-electron chi connectivity index (χ2n) is 15.9. The Bertz CT molecular complexity index is 3210. The van der Waals surface area contributed by atoms with E-state index < -0.39 is 5.41 Å². The number of hydrogen-bond acceptors (Lipinski definition) is 4. The van der Waals surface area contributed by atoms with Gasteiger partial charge in [0.25, 0.3) is 0 Å². The minimum atomic E-state index is -0.598. The van der Waals surface area contributed by atoms with Gasteiger partial charge in [-0.2, -0.15) is 0 Å². The van der Waals surface area contributed by atoms with E-state index in [2.05, 4.69) is 200 Å². The van der Waals surface area contributed by atoms with Gasteiger partial charge in [-0.05, 0) is 98.1 Å². The first kappa shape index (κ1) is 35.7. The molecule has 290 valence electrons. The third-order valence-corrected chi connectivity index (χ3v) is 12.4. The number of para-hydroxylation sites is 1. The van der Waals surface area contributed by atoms with E-state index in [1.54, 1.807) is 0 Å². The fraction of sp³-hybridized carbons (Fsp3) is 0.0172. The minimum Gasteiger partial charge on any atom is -0.457 e. The number of ether oxygens (including phenoxy) is 1. The van der Waals surface area contributed by atoms with E-state index in [-0.39, 0.29) is 0 Å². The quantitative estimate of drug-likeness (QED) is 0.168. The molecule has 9 aromatic carbocycles. The van der Waals surface area contributed by atoms with Gasteiger partial charge in [0.1, 0.15) is 11.5 Å². The van der Waals surface area contributed by atoms with Crippen LogP contribution in [0.2, 0.25) is 0 Å². The van der Waals surface area contributed by atoms with Gasteiger partial charge in [0.05, 0.1) is 5.41 Å². The molecule has 0 saturated heterocycles. The highest BCUT2D eigenvalue weighted by Crippen LogP contribution is 2.62. The van der Waals surface area contributed by atoms with Gasteiger partial charge in [-0.3, -0.25) is 0 Å². The lowest BCUT2D eigenvalue weighted by Crippen LogP contribution is -2.32. The van der Waals surface area contributed by atoms with Crippen molar-refractivity contribution in [3.63, 3.8) is 0 Å². The zero-order chi connectivity index (χ0) is 41.0. The lowest BCUT2D eigenvalue weighted by Gasteiger charge is -2.39. The molecule has 0 fully saturated rings. The van der Waals surface area contributed by atoms with Gasteiger partial charge in [0.15, 0.2) is 17.5 Å². The van der Waals surface area contributed by atoms with Crippen molar-refractivity contribution in [2.75, 3.05) is 0 Å². The lowest BCUT2D eigenvalue weighted by atomic mass is 9.66. The maximum atomic E-state index is 6.73. The lowest BCUT2D eigenvalue weighted by molar-refractivity contribution is 0.436. The number of aromatic nitrogens is 3. The van der Waals surface area contributed by atoms with Crippen molar-refractivity contribution >= 4 is 0 Å². The highest BCUT2D eigenvalue weighted by molar-refractivity contribution is 5.89. The predicted octanol–water partition coefficient (Wildman–Crippen LogP) is 14.3. The van der Waals surface area contributed by atoms with E-state index in [1.807, 2.05) is 24.3 Å². The third kappa shape index (κ3) is 5.80. The van der Waals surface area contributed by atoms with Crippen molar-refractivity contribution in [2.45, 2.75) is 5.41 Å². The molecule has 2 aliphatic rings. The zero-order valence-corrected chi connectivity index (χ0v) is 33.6. The Balaban J connectivity index is 1.000. The van der Waals surface area contributed by atoms with Gasteiger partial charge in [0.2, 0.25) is 0 Å². The van der Waals surface area contributed by atoms with Crippen LogP contribution in [0.5, 0.6) is 11.5 Å². The highest BCUT2D eigenvalue weighted by atomic mass is 16.5. The first-order chi connectivity index (χ1) is 30.7. The van der Waals surface area contributed by atoms with E-state index in [4.69, 9.17) is 19.7 Å². The van der Waals surface area contributed by atoms with Crippen LogP contribution >= 0.6 is 0 Å². The van der Waals surface area contributed by atoms with Crippen LogP contribution in [0.1, 0.15) is 22.3 Å². The highest BCUT2D eigenvalue weighted by Gasteiger charge is 2.51. The smallest absolute Gasteiger partial charge is 0.164 e. The van der Waals surface area contributed by atoms with Crippen LogP contribution in [-0.4, -0.2) is 15.0 Å². The van der Waals surface area contributed by atoms with Crippen LogP contribution in [0.25, 0.3) is 78.7 Å². The molecule has 0 saturated carbocycles. The molecule has 0 unspecified atom stereocenters. The van der Waals surface area contributed by atoms with Crippen LogP contribution in [0.4, 0.5) is 0 Å². The molecule has 0 radical (unpaired) electrons. The topological polar surface area (TPSA) is 47.9 Å². The van der Waals surface area contributed by atoms with Crippen LogP contribution < -0.4 is 4.74 Å². The fourth-order valence-electron chi connectivity index (χ4n) is 9.55. The van der Waals surface area contributed by atoms with E-state index in [1.165, 1.54) is 44.5 Å². The van der Waals surface area contributed by atoms with Gasteiger partial charge in [-0.15, -0.1) is 0 Å². The molecule has 0 bridgehead atoms. The predicted molar refractivity (Wildman–Crippen MR) is 250 cm³/mol. The van der Waals surface area contributed by atoms with Crippen molar-refractivity contribution in [1.29, 1.82) is 0 Å². The molecular formula is C58H37N3O. The molecule has 0 atom stereocenters. The Morgan fingerprint density at radius 1 is 0.258 bits per heavy atom. The van der Waals surface area contributed by atoms with Crippen LogP contribution in [-0.2, 0) is 5.41 Å². The molecule has 12 rings (SSSR count). The molecular weight excluding hydrogens is 755 g/mol. The Morgan fingerprint density at radius 2 is 0.629 bits per heavy atom. The molecule has 10 aromatic rings. The summed E-state index contributed by atoms with van der Waals surface area (Å²) in [5, 5.41) is 0. The molecule has 1 aliphatic carbocycles. The zero-order valence-electron chi connectivity index (χ0n) is 33.6. The molecule has 1 spiro atoms. The van der Waals surface area contributed by atoms with E-state index in [0.29, 0.717) is 17.5 Å². The maximum Gasteiger partial charge on any atom is 0.164 e. The fourth-order valence-corrected chi connectivity index (χ4v) is 9.55. The standard InChI is InChI=1S/C58H37N3O/c1-4-16-38(17-5-1)44-34-45(39-18-6-2-7-19-39)36-46(35-44)40-28-30-42(31-29-40)56-59-55(41-20-8-3-9-21-41)60-57(61-56)43-32-33-54-52(37-43)58(51-26-14-15-27-53(51)62-54)49-24-12-10-22-47(49)48-23-11-13-25-50(48)58/h1-37H. The number of benzene rings is 9. The molecule has 62 heavy (non-hydrogen) atoms. The summed E-state index contributed by atoms with van der Waals surface area (Å²) in [6.07, 6.45) is 0. The molecule has 1 aromatic heterocycles. The normalized spacial score (nSPS) is 12.8. The summed E-state index contributed by atoms with van der Waals surface area (Å²) >= 11 is 0. The van der Waals surface area contributed by atoms with Crippen molar-refractivity contribution < 1.29 is 4.74 Å². The average Bonchev–Trinajstić information content (AvgIpc) is 3.65. The van der Waals surface area contributed by atoms with Gasteiger partial charge in [-0.25, -0.2) is 15.0 Å². The SMILES string of the molecule is c1ccc(-c2cc(-c3ccccc3)cc(-c3ccc(-c4nc(-c5ccccc5)nc(-c5ccc6c(c5)C5(c7ccccc7O6)c6ccccc6-c6ccccc65)n4)cc3)c2)cc1. The summed E-state index contributed by atoms with van der Waals surface area (Å²) in [4.78, 5) is 15.5. The first-order valence-corrected chi connectivity index (χ1v) is 21.0. The molecule has 0 N–H and O–H groups in total. The summed E-state index contributed by atoms with van der Waals surface area (Å²) in [7, 11) is 0. The molecule has 1 aliphatic heterocycles. The summed E-state index contributed by atoms with van der Waals surface area (Å²) in [5.41, 5.74) is 16.2. The molecule has 4 nitrogen and oxygen atoms in total. The Hall–Kier alpha value is -8.21. The van der Waals surface area contributed by atoms with E-state index in [0.717, 1.165) is 50.4 Å². The van der Waals surface area contributed by atoms with Crippen molar-refractivity contribution in [1.82, 2.24) is 15.0 Å². The van der Waals surface area contributed by atoms with Crippen LogP contribution in [0, 0.1) is 0 Å². The third-order valence-electron chi connectivity index (χ3n) is 12.4. The van der Waals surface area contributed by atoms with Crippen molar-refractivity contribution in [3.05, 3.63) is 247 Å². The second kappa shape index (κ2) is 14.5. The van der Waals surface area contributed by atoms with Gasteiger partial charge < -0.3 is 4.74 Å². The maximum absolute atomic E-state index is 6.73. The van der Waals surface area contributed by atoms with Crippen molar-refractivity contribution in [2.24, 2.45) is 0 Å². The first-order valence-electron chi connectivity index (χ1n) is 21.0. The van der Waals surface area contributed by atoms with Crippen LogP contribution in [0.3, 0.4) is 0 Å². The summed E-state index contributed by atoms with van der Waals surface area (Å²) in [6.45, 7) is 0. The Morgan fingerprint density at radius 3 is 1.18 bits per heavy atom. The Kier molecular flexibility index (Phi) is 8.36.